The lowest BCUT2D eigenvalue weighted by Gasteiger charge is -2.36. The van der Waals surface area contributed by atoms with Gasteiger partial charge in [-0.05, 0) is 43.8 Å². The summed E-state index contributed by atoms with van der Waals surface area (Å²) in [6.07, 6.45) is 0. The summed E-state index contributed by atoms with van der Waals surface area (Å²) in [4.78, 5) is 15.1. The van der Waals surface area contributed by atoms with Crippen LogP contribution in [0.2, 0.25) is 5.02 Å². The van der Waals surface area contributed by atoms with Gasteiger partial charge >= 0.3 is 0 Å². The minimum Gasteiger partial charge on any atom is -0.492 e. The van der Waals surface area contributed by atoms with Gasteiger partial charge < -0.3 is 15.0 Å². The van der Waals surface area contributed by atoms with E-state index in [1.807, 2.05) is 74.3 Å². The van der Waals surface area contributed by atoms with E-state index in [0.29, 0.717) is 33.6 Å². The van der Waals surface area contributed by atoms with Crippen molar-refractivity contribution in [3.63, 3.8) is 0 Å². The van der Waals surface area contributed by atoms with E-state index in [-0.39, 0.29) is 11.8 Å². The third-order valence-corrected chi connectivity index (χ3v) is 5.31. The molecule has 6 heteroatoms. The highest BCUT2D eigenvalue weighted by molar-refractivity contribution is 7.80. The molecule has 1 unspecified atom stereocenters. The summed E-state index contributed by atoms with van der Waals surface area (Å²) in [6, 6.07) is 14.4. The standard InChI is InChI=1S/C21H21ClN2O2S/c1-4-26-17-11-10-15(12-16(17)22)19-18(13(2)24(3)21(27)23-19)20(25)14-8-6-5-7-9-14/h5-12,19H,4H2,1-3H3,(H,23,27). The number of ether oxygens (including phenoxy) is 1. The third kappa shape index (κ3) is 3.84. The van der Waals surface area contributed by atoms with Crippen LogP contribution in [0.1, 0.15) is 35.8 Å². The predicted octanol–water partition coefficient (Wildman–Crippen LogP) is 4.76. The van der Waals surface area contributed by atoms with E-state index >= 15 is 0 Å². The van der Waals surface area contributed by atoms with Crippen LogP contribution in [-0.4, -0.2) is 29.5 Å². The number of Topliss-reactive ketones (excluding diaryl/α,β-unsaturated/α-hetero) is 1. The first-order valence-electron chi connectivity index (χ1n) is 8.71. The average Bonchev–Trinajstić information content (AvgIpc) is 2.68. The van der Waals surface area contributed by atoms with E-state index in [2.05, 4.69) is 5.32 Å². The van der Waals surface area contributed by atoms with Crippen molar-refractivity contribution in [1.29, 1.82) is 0 Å². The Morgan fingerprint density at radius 3 is 2.59 bits per heavy atom. The lowest BCUT2D eigenvalue weighted by atomic mass is 9.89. The van der Waals surface area contributed by atoms with Crippen LogP contribution in [0.15, 0.2) is 59.8 Å². The maximum Gasteiger partial charge on any atom is 0.193 e. The molecule has 3 rings (SSSR count). The topological polar surface area (TPSA) is 41.6 Å². The van der Waals surface area contributed by atoms with Gasteiger partial charge in [-0.2, -0.15) is 0 Å². The predicted molar refractivity (Wildman–Crippen MR) is 112 cm³/mol. The number of ketones is 1. The Hall–Kier alpha value is -2.37. The molecular weight excluding hydrogens is 380 g/mol. The van der Waals surface area contributed by atoms with E-state index in [4.69, 9.17) is 28.6 Å². The van der Waals surface area contributed by atoms with Crippen molar-refractivity contribution in [2.45, 2.75) is 19.9 Å². The number of allylic oxidation sites excluding steroid dienone is 1. The molecule has 1 aliphatic rings. The number of nitrogens with one attached hydrogen (secondary N) is 1. The molecule has 27 heavy (non-hydrogen) atoms. The van der Waals surface area contributed by atoms with Crippen molar-refractivity contribution < 1.29 is 9.53 Å². The normalized spacial score (nSPS) is 17.0. The third-order valence-electron chi connectivity index (χ3n) is 4.62. The molecule has 1 heterocycles. The molecule has 1 atom stereocenters. The fourth-order valence-corrected chi connectivity index (χ4v) is 3.59. The Morgan fingerprint density at radius 2 is 1.96 bits per heavy atom. The summed E-state index contributed by atoms with van der Waals surface area (Å²) >= 11 is 11.8. The van der Waals surface area contributed by atoms with E-state index in [1.54, 1.807) is 0 Å². The number of thiocarbonyl (C=S) groups is 1. The van der Waals surface area contributed by atoms with Crippen LogP contribution in [0.4, 0.5) is 0 Å². The quantitative estimate of drug-likeness (QED) is 0.579. The van der Waals surface area contributed by atoms with Crippen LogP contribution in [0.5, 0.6) is 5.75 Å². The Balaban J connectivity index is 2.08. The molecule has 1 aliphatic heterocycles. The van der Waals surface area contributed by atoms with Crippen molar-refractivity contribution in [1.82, 2.24) is 10.2 Å². The molecule has 0 bridgehead atoms. The van der Waals surface area contributed by atoms with Crippen molar-refractivity contribution in [3.8, 4) is 5.75 Å². The van der Waals surface area contributed by atoms with Crippen LogP contribution < -0.4 is 10.1 Å². The molecule has 0 amide bonds. The van der Waals surface area contributed by atoms with Crippen molar-refractivity contribution in [2.24, 2.45) is 0 Å². The van der Waals surface area contributed by atoms with Gasteiger partial charge in [-0.3, -0.25) is 4.79 Å². The number of carbonyl (C=O) groups is 1. The minimum absolute atomic E-state index is 0.0371. The molecular formula is C21H21ClN2O2S. The van der Waals surface area contributed by atoms with Gasteiger partial charge in [0.2, 0.25) is 0 Å². The largest absolute Gasteiger partial charge is 0.492 e. The maximum absolute atomic E-state index is 13.3. The van der Waals surface area contributed by atoms with Gasteiger partial charge in [-0.25, -0.2) is 0 Å². The SMILES string of the molecule is CCOc1ccc(C2NC(=S)N(C)C(C)=C2C(=O)c2ccccc2)cc1Cl. The Kier molecular flexibility index (Phi) is 5.82. The number of carbonyl (C=O) groups excluding carboxylic acids is 1. The summed E-state index contributed by atoms with van der Waals surface area (Å²) in [5.41, 5.74) is 2.97. The zero-order valence-corrected chi connectivity index (χ0v) is 17.0. The highest BCUT2D eigenvalue weighted by atomic mass is 35.5. The molecule has 0 spiro atoms. The number of hydrogen-bond acceptors (Lipinski definition) is 3. The summed E-state index contributed by atoms with van der Waals surface area (Å²) in [6.45, 7) is 4.35. The van der Waals surface area contributed by atoms with Crippen LogP contribution in [0.3, 0.4) is 0 Å². The molecule has 4 nitrogen and oxygen atoms in total. The van der Waals surface area contributed by atoms with Crippen molar-refractivity contribution in [3.05, 3.63) is 76.0 Å². The Morgan fingerprint density at radius 1 is 1.26 bits per heavy atom. The fraction of sp³-hybridized carbons (Fsp3) is 0.238. The molecule has 0 aliphatic carbocycles. The van der Waals surface area contributed by atoms with E-state index in [0.717, 1.165) is 11.3 Å². The molecule has 2 aromatic rings. The number of halogens is 1. The number of rotatable bonds is 5. The first-order valence-corrected chi connectivity index (χ1v) is 9.49. The van der Waals surface area contributed by atoms with E-state index in [1.165, 1.54) is 0 Å². The summed E-state index contributed by atoms with van der Waals surface area (Å²) < 4.78 is 5.52. The number of nitrogens with zero attached hydrogens (tertiary/aromatic N) is 1. The molecule has 0 saturated heterocycles. The van der Waals surface area contributed by atoms with Gasteiger partial charge in [0.05, 0.1) is 17.7 Å². The van der Waals surface area contributed by atoms with Gasteiger partial charge in [0.15, 0.2) is 10.9 Å². The van der Waals surface area contributed by atoms with E-state index < -0.39 is 0 Å². The van der Waals surface area contributed by atoms with Gasteiger partial charge in [0.25, 0.3) is 0 Å². The lowest BCUT2D eigenvalue weighted by molar-refractivity contribution is 0.102. The molecule has 0 aromatic heterocycles. The molecule has 0 saturated carbocycles. The summed E-state index contributed by atoms with van der Waals surface area (Å²) in [5.74, 6) is 0.583. The van der Waals surface area contributed by atoms with Crippen LogP contribution in [0.25, 0.3) is 0 Å². The van der Waals surface area contributed by atoms with Crippen molar-refractivity contribution in [2.75, 3.05) is 13.7 Å². The van der Waals surface area contributed by atoms with Crippen LogP contribution in [0, 0.1) is 0 Å². The summed E-state index contributed by atoms with van der Waals surface area (Å²) in [7, 11) is 1.85. The van der Waals surface area contributed by atoms with E-state index in [9.17, 15) is 4.79 Å². The lowest BCUT2D eigenvalue weighted by Crippen LogP contribution is -2.45. The Bertz CT molecular complexity index is 912. The van der Waals surface area contributed by atoms with Crippen molar-refractivity contribution >= 4 is 34.7 Å². The average molecular weight is 401 g/mol. The van der Waals surface area contributed by atoms with Gasteiger partial charge in [-0.15, -0.1) is 0 Å². The highest BCUT2D eigenvalue weighted by Gasteiger charge is 2.33. The molecule has 0 fully saturated rings. The smallest absolute Gasteiger partial charge is 0.193 e. The van der Waals surface area contributed by atoms with Gasteiger partial charge in [0, 0.05) is 23.9 Å². The second-order valence-electron chi connectivity index (χ2n) is 6.26. The van der Waals surface area contributed by atoms with Gasteiger partial charge in [0.1, 0.15) is 5.75 Å². The molecule has 1 N–H and O–H groups in total. The first kappa shape index (κ1) is 19.4. The Labute approximate surface area is 169 Å². The zero-order valence-electron chi connectivity index (χ0n) is 15.5. The zero-order chi connectivity index (χ0) is 19.6. The number of benzene rings is 2. The fourth-order valence-electron chi connectivity index (χ4n) is 3.09. The van der Waals surface area contributed by atoms with Gasteiger partial charge in [-0.1, -0.05) is 48.0 Å². The van der Waals surface area contributed by atoms with Crippen LogP contribution >= 0.6 is 23.8 Å². The maximum atomic E-state index is 13.3. The molecule has 0 radical (unpaired) electrons. The first-order chi connectivity index (χ1) is 12.9. The minimum atomic E-state index is -0.380. The second-order valence-corrected chi connectivity index (χ2v) is 7.05. The molecule has 2 aromatic carbocycles. The highest BCUT2D eigenvalue weighted by Crippen LogP contribution is 2.35. The summed E-state index contributed by atoms with van der Waals surface area (Å²) in [5, 5.41) is 4.34. The molecule has 140 valence electrons. The second kappa shape index (κ2) is 8.11. The number of hydrogen-bond donors (Lipinski definition) is 1. The monoisotopic (exact) mass is 400 g/mol. The van der Waals surface area contributed by atoms with Crippen LogP contribution in [-0.2, 0) is 0 Å².